The van der Waals surface area contributed by atoms with Crippen LogP contribution in [0.25, 0.3) is 0 Å². The van der Waals surface area contributed by atoms with Crippen molar-refractivity contribution in [3.63, 3.8) is 0 Å². The van der Waals surface area contributed by atoms with Gasteiger partial charge in [0.25, 0.3) is 0 Å². The maximum absolute atomic E-state index is 6.56. The van der Waals surface area contributed by atoms with Gasteiger partial charge >= 0.3 is 18.9 Å². The van der Waals surface area contributed by atoms with E-state index in [-0.39, 0.29) is 30.0 Å². The third-order valence-corrected chi connectivity index (χ3v) is 9.03. The molecule has 1 aromatic rings. The second kappa shape index (κ2) is 8.05. The van der Waals surface area contributed by atoms with Crippen LogP contribution in [0.5, 0.6) is 0 Å². The molecule has 1 aromatic heterocycles. The molecule has 0 aromatic carbocycles. The van der Waals surface area contributed by atoms with Crippen LogP contribution in [0, 0.1) is 6.07 Å². The minimum Gasteiger partial charge on any atom is -0.413 e. The van der Waals surface area contributed by atoms with Crippen LogP contribution in [-0.2, 0) is 4.43 Å². The SMILES string of the molecule is CCCCC(O[Si](C)(C)C(C)(C)C)c1[c-]csc1.[Li+]. The van der Waals surface area contributed by atoms with Crippen LogP contribution in [-0.4, -0.2) is 8.32 Å². The van der Waals surface area contributed by atoms with Crippen molar-refractivity contribution >= 4 is 19.7 Å². The first-order valence-electron chi connectivity index (χ1n) is 6.89. The Morgan fingerprint density at radius 3 is 2.42 bits per heavy atom. The topological polar surface area (TPSA) is 9.23 Å². The number of unbranched alkanes of at least 4 members (excludes halogenated alkanes) is 1. The Balaban J connectivity index is 0.00000324. The van der Waals surface area contributed by atoms with Crippen LogP contribution in [0.3, 0.4) is 0 Å². The zero-order valence-corrected chi connectivity index (χ0v) is 15.5. The van der Waals surface area contributed by atoms with Crippen molar-refractivity contribution in [2.24, 2.45) is 0 Å². The van der Waals surface area contributed by atoms with Crippen molar-refractivity contribution in [1.29, 1.82) is 0 Å². The molecule has 0 radical (unpaired) electrons. The molecule has 0 amide bonds. The van der Waals surface area contributed by atoms with Gasteiger partial charge in [0.05, 0.1) is 0 Å². The third kappa shape index (κ3) is 5.77. The molecule has 0 aliphatic carbocycles. The standard InChI is InChI=1S/C15H27OSSi.Li/c1-7-8-9-14(13-10-11-17-12-13)16-18(5,6)15(2,3)4;/h11-12,14H,7-9H2,1-6H3;/q-1;+1. The van der Waals surface area contributed by atoms with Gasteiger partial charge in [-0.05, 0) is 24.6 Å². The Morgan fingerprint density at radius 1 is 1.37 bits per heavy atom. The van der Waals surface area contributed by atoms with Gasteiger partial charge in [0, 0.05) is 6.10 Å². The summed E-state index contributed by atoms with van der Waals surface area (Å²) in [6.45, 7) is 13.8. The predicted molar refractivity (Wildman–Crippen MR) is 83.7 cm³/mol. The summed E-state index contributed by atoms with van der Waals surface area (Å²) in [4.78, 5) is 0. The molecule has 1 unspecified atom stereocenters. The van der Waals surface area contributed by atoms with Crippen molar-refractivity contribution in [1.82, 2.24) is 0 Å². The first kappa shape index (κ1) is 19.5. The number of thiophene rings is 1. The molecule has 0 N–H and O–H groups in total. The van der Waals surface area contributed by atoms with Crippen LogP contribution in [0.15, 0.2) is 10.8 Å². The Kier molecular flexibility index (Phi) is 8.25. The molecule has 0 spiro atoms. The van der Waals surface area contributed by atoms with Gasteiger partial charge in [-0.2, -0.15) is 10.9 Å². The second-order valence-electron chi connectivity index (χ2n) is 6.48. The number of hydrogen-bond acceptors (Lipinski definition) is 2. The van der Waals surface area contributed by atoms with Gasteiger partial charge in [-0.3, -0.25) is 11.3 Å². The van der Waals surface area contributed by atoms with Crippen LogP contribution >= 0.6 is 11.3 Å². The van der Waals surface area contributed by atoms with Crippen molar-refractivity contribution in [3.05, 3.63) is 22.4 Å². The van der Waals surface area contributed by atoms with E-state index in [4.69, 9.17) is 4.43 Å². The van der Waals surface area contributed by atoms with Crippen molar-refractivity contribution in [2.75, 3.05) is 0 Å². The molecular weight excluding hydrogens is 263 g/mol. The molecule has 1 heterocycles. The number of hydrogen-bond donors (Lipinski definition) is 0. The fraction of sp³-hybridized carbons (Fsp3) is 0.733. The average molecular weight is 290 g/mol. The summed E-state index contributed by atoms with van der Waals surface area (Å²) in [5, 5.41) is 4.49. The largest absolute Gasteiger partial charge is 1.00 e. The molecule has 19 heavy (non-hydrogen) atoms. The zero-order chi connectivity index (χ0) is 13.8. The Bertz CT molecular complexity index is 344. The van der Waals surface area contributed by atoms with Crippen molar-refractivity contribution in [2.45, 2.75) is 71.2 Å². The maximum Gasteiger partial charge on any atom is 1.00 e. The van der Waals surface area contributed by atoms with Crippen LogP contribution in [0.4, 0.5) is 0 Å². The van der Waals surface area contributed by atoms with Crippen LogP contribution < -0.4 is 18.9 Å². The van der Waals surface area contributed by atoms with Gasteiger partial charge in [0.1, 0.15) is 0 Å². The van der Waals surface area contributed by atoms with E-state index in [1.54, 1.807) is 11.3 Å². The summed E-state index contributed by atoms with van der Waals surface area (Å²) >= 11 is 1.71. The van der Waals surface area contributed by atoms with Gasteiger partial charge in [0.2, 0.25) is 0 Å². The zero-order valence-electron chi connectivity index (χ0n) is 13.7. The Morgan fingerprint density at radius 2 is 2.00 bits per heavy atom. The van der Waals surface area contributed by atoms with E-state index < -0.39 is 8.32 Å². The molecular formula is C15H27LiOSSi. The average Bonchev–Trinajstić information content (AvgIpc) is 2.75. The fourth-order valence-corrected chi connectivity index (χ4v) is 3.56. The van der Waals surface area contributed by atoms with E-state index in [1.807, 2.05) is 5.38 Å². The van der Waals surface area contributed by atoms with Crippen molar-refractivity contribution < 1.29 is 23.3 Å². The van der Waals surface area contributed by atoms with E-state index in [0.717, 1.165) is 6.42 Å². The quantitative estimate of drug-likeness (QED) is 0.578. The van der Waals surface area contributed by atoms with Crippen LogP contribution in [0.2, 0.25) is 18.1 Å². The Labute approximate surface area is 136 Å². The predicted octanol–water partition coefficient (Wildman–Crippen LogP) is 2.81. The molecule has 0 saturated carbocycles. The first-order chi connectivity index (χ1) is 8.28. The fourth-order valence-electron chi connectivity index (χ4n) is 1.61. The second-order valence-corrected chi connectivity index (χ2v) is 12.0. The first-order valence-corrected chi connectivity index (χ1v) is 10.7. The monoisotopic (exact) mass is 290 g/mol. The smallest absolute Gasteiger partial charge is 0.413 e. The normalized spacial score (nSPS) is 14.0. The molecule has 0 aliphatic rings. The summed E-state index contributed by atoms with van der Waals surface area (Å²) in [6, 6.07) is 3.34. The van der Waals surface area contributed by atoms with Gasteiger partial charge in [-0.15, -0.1) is 5.38 Å². The summed E-state index contributed by atoms with van der Waals surface area (Å²) in [5.41, 5.74) is 1.25. The molecule has 0 bridgehead atoms. The molecule has 0 fully saturated rings. The number of rotatable bonds is 6. The van der Waals surface area contributed by atoms with E-state index in [1.165, 1.54) is 18.4 Å². The molecule has 1 rings (SSSR count). The molecule has 0 saturated heterocycles. The van der Waals surface area contributed by atoms with E-state index >= 15 is 0 Å². The van der Waals surface area contributed by atoms with Gasteiger partial charge in [-0.1, -0.05) is 40.5 Å². The van der Waals surface area contributed by atoms with Gasteiger partial charge in [-0.25, -0.2) is 6.07 Å². The molecule has 1 atom stereocenters. The molecule has 104 valence electrons. The summed E-state index contributed by atoms with van der Waals surface area (Å²) in [5.74, 6) is 0. The van der Waals surface area contributed by atoms with E-state index in [9.17, 15) is 0 Å². The maximum atomic E-state index is 6.56. The third-order valence-electron chi connectivity index (χ3n) is 3.90. The van der Waals surface area contributed by atoms with Gasteiger partial charge < -0.3 is 4.43 Å². The molecule has 1 nitrogen and oxygen atoms in total. The van der Waals surface area contributed by atoms with E-state index in [0.29, 0.717) is 0 Å². The van der Waals surface area contributed by atoms with Gasteiger partial charge in [0.15, 0.2) is 8.32 Å². The van der Waals surface area contributed by atoms with Crippen molar-refractivity contribution in [3.8, 4) is 0 Å². The summed E-state index contributed by atoms with van der Waals surface area (Å²) in [6.07, 6.45) is 3.82. The van der Waals surface area contributed by atoms with Crippen LogP contribution in [0.1, 0.15) is 58.6 Å². The molecule has 0 aliphatic heterocycles. The summed E-state index contributed by atoms with van der Waals surface area (Å²) in [7, 11) is -1.69. The van der Waals surface area contributed by atoms with E-state index in [2.05, 4.69) is 52.2 Å². The Hall–Kier alpha value is 0.474. The summed E-state index contributed by atoms with van der Waals surface area (Å²) < 4.78 is 6.56. The minimum atomic E-state index is -1.69. The molecule has 4 heteroatoms. The minimum absolute atomic E-state index is 0.